The summed E-state index contributed by atoms with van der Waals surface area (Å²) in [7, 11) is 1.54. The van der Waals surface area contributed by atoms with Gasteiger partial charge in [0.25, 0.3) is 0 Å². The maximum absolute atomic E-state index is 11.2. The van der Waals surface area contributed by atoms with Crippen LogP contribution in [-0.4, -0.2) is 29.3 Å². The second-order valence-corrected chi connectivity index (χ2v) is 6.86. The molecule has 0 aliphatic carbocycles. The lowest BCUT2D eigenvalue weighted by Gasteiger charge is -2.23. The molecule has 2 N–H and O–H groups in total. The quantitative estimate of drug-likeness (QED) is 0.755. The van der Waals surface area contributed by atoms with Gasteiger partial charge in [0.15, 0.2) is 0 Å². The number of benzene rings is 2. The van der Waals surface area contributed by atoms with Crippen molar-refractivity contribution in [1.82, 2.24) is 0 Å². The number of hydrogen-bond acceptors (Lipinski definition) is 4. The molecule has 2 unspecified atom stereocenters. The molecule has 2 atom stereocenters. The summed E-state index contributed by atoms with van der Waals surface area (Å²) >= 11 is 11.9. The van der Waals surface area contributed by atoms with Crippen LogP contribution in [-0.2, 0) is 9.53 Å². The molecule has 26 heavy (non-hydrogen) atoms. The minimum Gasteiger partial charge on any atom is -0.495 e. The Morgan fingerprint density at radius 1 is 1.35 bits per heavy atom. The zero-order valence-electron chi connectivity index (χ0n) is 14.3. The Morgan fingerprint density at radius 2 is 2.12 bits per heavy atom. The number of aryl methyl sites for hydroxylation is 1. The van der Waals surface area contributed by atoms with Crippen molar-refractivity contribution >= 4 is 40.5 Å². The summed E-state index contributed by atoms with van der Waals surface area (Å²) in [5, 5.41) is 12.8. The minimum absolute atomic E-state index is 0.239. The number of carboxylic acids is 1. The van der Waals surface area contributed by atoms with E-state index < -0.39 is 18.2 Å². The zero-order chi connectivity index (χ0) is 18.8. The second kappa shape index (κ2) is 7.61. The Bertz CT molecular complexity index is 871. The molecule has 0 aromatic heterocycles. The Morgan fingerprint density at radius 3 is 2.81 bits per heavy atom. The Balaban J connectivity index is 2.15. The number of ether oxygens (including phenoxy) is 2. The first-order valence-corrected chi connectivity index (χ1v) is 8.80. The predicted octanol–water partition coefficient (Wildman–Crippen LogP) is 4.36. The SMILES string of the molecule is COc1cccc(C2OC(CC(=O)O)C(=S)Nc3ccc(C)cc32)c1Cl. The highest BCUT2D eigenvalue weighted by atomic mass is 35.5. The van der Waals surface area contributed by atoms with Crippen LogP contribution in [0.4, 0.5) is 5.69 Å². The molecular weight excluding hydrogens is 374 g/mol. The minimum atomic E-state index is -0.989. The van der Waals surface area contributed by atoms with Gasteiger partial charge in [-0.25, -0.2) is 0 Å². The molecule has 0 radical (unpaired) electrons. The summed E-state index contributed by atoms with van der Waals surface area (Å²) in [5.41, 5.74) is 3.35. The van der Waals surface area contributed by atoms with Gasteiger partial charge in [-0.15, -0.1) is 0 Å². The monoisotopic (exact) mass is 391 g/mol. The summed E-state index contributed by atoms with van der Waals surface area (Å²) in [5.74, 6) is -0.465. The molecule has 0 bridgehead atoms. The lowest BCUT2D eigenvalue weighted by molar-refractivity contribution is -0.139. The molecule has 0 fully saturated rings. The molecule has 1 aliphatic rings. The van der Waals surface area contributed by atoms with E-state index in [4.69, 9.17) is 33.3 Å². The third-order valence-corrected chi connectivity index (χ3v) is 4.97. The van der Waals surface area contributed by atoms with E-state index in [0.717, 1.165) is 16.8 Å². The molecule has 136 valence electrons. The smallest absolute Gasteiger partial charge is 0.306 e. The summed E-state index contributed by atoms with van der Waals surface area (Å²) in [6, 6.07) is 11.3. The highest BCUT2D eigenvalue weighted by Gasteiger charge is 2.32. The molecule has 5 nitrogen and oxygen atoms in total. The van der Waals surface area contributed by atoms with E-state index >= 15 is 0 Å². The molecule has 0 saturated carbocycles. The van der Waals surface area contributed by atoms with Gasteiger partial charge in [-0.1, -0.05) is 53.6 Å². The van der Waals surface area contributed by atoms with Crippen LogP contribution in [0.15, 0.2) is 36.4 Å². The lowest BCUT2D eigenvalue weighted by Crippen LogP contribution is -2.30. The fourth-order valence-corrected chi connectivity index (χ4v) is 3.50. The third-order valence-electron chi connectivity index (χ3n) is 4.20. The van der Waals surface area contributed by atoms with Gasteiger partial charge >= 0.3 is 5.97 Å². The number of hydrogen-bond donors (Lipinski definition) is 2. The van der Waals surface area contributed by atoms with Crippen LogP contribution in [0.3, 0.4) is 0 Å². The van der Waals surface area contributed by atoms with Gasteiger partial charge in [0.05, 0.1) is 18.6 Å². The number of halogens is 1. The Labute approximate surface area is 161 Å². The molecular formula is C19H18ClNO4S. The zero-order valence-corrected chi connectivity index (χ0v) is 15.9. The van der Waals surface area contributed by atoms with E-state index in [-0.39, 0.29) is 6.42 Å². The molecule has 2 aromatic rings. The highest BCUT2D eigenvalue weighted by molar-refractivity contribution is 7.80. The number of nitrogens with one attached hydrogen (secondary N) is 1. The largest absolute Gasteiger partial charge is 0.495 e. The van der Waals surface area contributed by atoms with Crippen molar-refractivity contribution < 1.29 is 19.4 Å². The van der Waals surface area contributed by atoms with Crippen LogP contribution in [0.2, 0.25) is 5.02 Å². The van der Waals surface area contributed by atoms with Crippen molar-refractivity contribution in [1.29, 1.82) is 0 Å². The summed E-state index contributed by atoms with van der Waals surface area (Å²) in [4.78, 5) is 11.6. The Hall–Kier alpha value is -2.15. The number of rotatable bonds is 4. The van der Waals surface area contributed by atoms with E-state index in [1.807, 2.05) is 37.3 Å². The number of methoxy groups -OCH3 is 1. The van der Waals surface area contributed by atoms with Crippen molar-refractivity contribution in [3.05, 3.63) is 58.1 Å². The first-order valence-electron chi connectivity index (χ1n) is 8.01. The number of anilines is 1. The van der Waals surface area contributed by atoms with Crippen molar-refractivity contribution in [2.45, 2.75) is 25.6 Å². The van der Waals surface area contributed by atoms with Gasteiger partial charge in [0, 0.05) is 16.8 Å². The fourth-order valence-electron chi connectivity index (χ4n) is 2.95. The van der Waals surface area contributed by atoms with E-state index in [9.17, 15) is 9.90 Å². The second-order valence-electron chi connectivity index (χ2n) is 6.05. The summed E-state index contributed by atoms with van der Waals surface area (Å²) in [6.07, 6.45) is -1.59. The molecule has 0 amide bonds. The Kier molecular flexibility index (Phi) is 5.46. The molecule has 7 heteroatoms. The van der Waals surface area contributed by atoms with Crippen LogP contribution in [0.1, 0.15) is 29.2 Å². The molecule has 1 aliphatic heterocycles. The average molecular weight is 392 g/mol. The number of aliphatic carboxylic acids is 1. The molecule has 3 rings (SSSR count). The maximum atomic E-state index is 11.2. The van der Waals surface area contributed by atoms with Crippen LogP contribution in [0, 0.1) is 6.92 Å². The molecule has 0 saturated heterocycles. The van der Waals surface area contributed by atoms with Gasteiger partial charge in [0.2, 0.25) is 0 Å². The van der Waals surface area contributed by atoms with Gasteiger partial charge in [0.1, 0.15) is 22.9 Å². The van der Waals surface area contributed by atoms with Crippen LogP contribution in [0.25, 0.3) is 0 Å². The topological polar surface area (TPSA) is 67.8 Å². The summed E-state index contributed by atoms with van der Waals surface area (Å²) in [6.45, 7) is 1.97. The van der Waals surface area contributed by atoms with E-state index in [1.54, 1.807) is 13.2 Å². The number of thiocarbonyl (C=S) groups is 1. The number of carbonyl (C=O) groups is 1. The first kappa shape index (κ1) is 18.6. The van der Waals surface area contributed by atoms with Gasteiger partial charge < -0.3 is 19.9 Å². The van der Waals surface area contributed by atoms with Crippen molar-refractivity contribution in [2.75, 3.05) is 12.4 Å². The fraction of sp³-hybridized carbons (Fsp3) is 0.263. The first-order chi connectivity index (χ1) is 12.4. The van der Waals surface area contributed by atoms with Gasteiger partial charge in [-0.05, 0) is 19.1 Å². The van der Waals surface area contributed by atoms with Gasteiger partial charge in [-0.3, -0.25) is 4.79 Å². The molecule has 1 heterocycles. The van der Waals surface area contributed by atoms with E-state index in [2.05, 4.69) is 5.32 Å². The maximum Gasteiger partial charge on any atom is 0.306 e. The van der Waals surface area contributed by atoms with E-state index in [0.29, 0.717) is 21.3 Å². The predicted molar refractivity (Wildman–Crippen MR) is 104 cm³/mol. The van der Waals surface area contributed by atoms with Crippen LogP contribution in [0.5, 0.6) is 5.75 Å². The average Bonchev–Trinajstić information content (AvgIpc) is 2.72. The van der Waals surface area contributed by atoms with Crippen molar-refractivity contribution in [2.24, 2.45) is 0 Å². The molecule has 0 spiro atoms. The molecule has 2 aromatic carbocycles. The normalized spacial score (nSPS) is 19.3. The summed E-state index contributed by atoms with van der Waals surface area (Å²) < 4.78 is 11.5. The van der Waals surface area contributed by atoms with Crippen molar-refractivity contribution in [3.8, 4) is 5.75 Å². The number of carboxylic acid groups (broad SMARTS) is 1. The van der Waals surface area contributed by atoms with Crippen LogP contribution < -0.4 is 10.1 Å². The third kappa shape index (κ3) is 3.67. The standard InChI is InChI=1S/C19H18ClNO4S/c1-10-6-7-13-12(8-10)18(11-4-3-5-14(24-2)17(11)20)25-15(9-16(22)23)19(26)21-13/h3-8,15,18H,9H2,1-2H3,(H,21,26)(H,22,23). The lowest BCUT2D eigenvalue weighted by atomic mass is 9.97. The van der Waals surface area contributed by atoms with Gasteiger partial charge in [-0.2, -0.15) is 0 Å². The number of fused-ring (bicyclic) bond motifs is 1. The van der Waals surface area contributed by atoms with Crippen LogP contribution >= 0.6 is 23.8 Å². The highest BCUT2D eigenvalue weighted by Crippen LogP contribution is 2.41. The van der Waals surface area contributed by atoms with E-state index in [1.165, 1.54) is 0 Å². The van der Waals surface area contributed by atoms with Crippen molar-refractivity contribution in [3.63, 3.8) is 0 Å².